The number of piperazine rings is 1. The van der Waals surface area contributed by atoms with Crippen LogP contribution in [0.25, 0.3) is 11.5 Å². The van der Waals surface area contributed by atoms with Gasteiger partial charge in [-0.3, -0.25) is 10.1 Å². The third kappa shape index (κ3) is 6.00. The Kier molecular flexibility index (Phi) is 7.80. The van der Waals surface area contributed by atoms with E-state index in [1.807, 2.05) is 0 Å². The second-order valence-electron chi connectivity index (χ2n) is 8.28. The van der Waals surface area contributed by atoms with Gasteiger partial charge in [-0.15, -0.1) is 5.10 Å². The number of rotatable bonds is 7. The minimum atomic E-state index is -3.82. The van der Waals surface area contributed by atoms with Crippen LogP contribution in [0, 0.1) is 0 Å². The van der Waals surface area contributed by atoms with Crippen LogP contribution in [0.1, 0.15) is 17.3 Å². The number of carbonyl (C=O) groups excluding carboxylic acids is 2. The van der Waals surface area contributed by atoms with E-state index in [2.05, 4.69) is 15.5 Å². The Hall–Kier alpha value is -3.82. The van der Waals surface area contributed by atoms with Gasteiger partial charge in [0.1, 0.15) is 0 Å². The molecule has 0 aliphatic carbocycles. The number of benzene rings is 2. The fourth-order valence-electron chi connectivity index (χ4n) is 3.66. The second kappa shape index (κ2) is 10.9. The molecule has 3 aromatic rings. The zero-order valence-corrected chi connectivity index (χ0v) is 22.2. The number of sulfone groups is 1. The molecule has 1 N–H and O–H groups in total. The number of carbonyl (C=O) groups is 2. The van der Waals surface area contributed by atoms with E-state index in [0.29, 0.717) is 5.56 Å². The normalized spacial score (nSPS) is 14.7. The Morgan fingerprint density at radius 2 is 1.53 bits per heavy atom. The van der Waals surface area contributed by atoms with Crippen molar-refractivity contribution in [2.45, 2.75) is 16.7 Å². The van der Waals surface area contributed by atoms with Crippen molar-refractivity contribution in [1.29, 1.82) is 0 Å². The maximum atomic E-state index is 13.0. The number of nitrogens with one attached hydrogen (secondary N) is 1. The van der Waals surface area contributed by atoms with Crippen LogP contribution in [0.2, 0.25) is 0 Å². The standard InChI is InChI=1S/C23H25N5O8S2/c1-3-35-23(30)27-12-14-28(15-13-27)38(33,34)19-10-4-16(5-11-19)20(29)24-22-26-25-21(36-22)17-6-8-18(9-7-17)37(2,31)32/h4-11H,3,12-15H2,1-2H3,(H,24,26,29). The summed E-state index contributed by atoms with van der Waals surface area (Å²) in [4.78, 5) is 26.1. The second-order valence-corrected chi connectivity index (χ2v) is 12.2. The molecule has 1 aromatic heterocycles. The maximum Gasteiger partial charge on any atom is 0.409 e. The SMILES string of the molecule is CCOC(=O)N1CCN(S(=O)(=O)c2ccc(C(=O)Nc3nnc(-c4ccc(S(C)(=O)=O)cc4)o3)cc2)CC1. The number of nitrogens with zero attached hydrogens (tertiary/aromatic N) is 4. The molecule has 1 aliphatic heterocycles. The van der Waals surface area contributed by atoms with Crippen LogP contribution in [0.4, 0.5) is 10.8 Å². The summed E-state index contributed by atoms with van der Waals surface area (Å²) in [6.07, 6.45) is 0.622. The molecule has 1 saturated heterocycles. The molecule has 0 atom stereocenters. The molecule has 2 aromatic carbocycles. The molecule has 0 radical (unpaired) electrons. The highest BCUT2D eigenvalue weighted by Gasteiger charge is 2.30. The fourth-order valence-corrected chi connectivity index (χ4v) is 5.71. The van der Waals surface area contributed by atoms with Crippen LogP contribution in [-0.2, 0) is 24.6 Å². The van der Waals surface area contributed by atoms with Crippen molar-refractivity contribution in [2.75, 3.05) is 44.4 Å². The minimum Gasteiger partial charge on any atom is -0.450 e. The third-order valence-electron chi connectivity index (χ3n) is 5.69. The maximum absolute atomic E-state index is 13.0. The number of aromatic nitrogens is 2. The van der Waals surface area contributed by atoms with Gasteiger partial charge in [-0.2, -0.15) is 4.31 Å². The van der Waals surface area contributed by atoms with Gasteiger partial charge in [0.25, 0.3) is 5.91 Å². The summed E-state index contributed by atoms with van der Waals surface area (Å²) in [7, 11) is -7.17. The Bertz CT molecular complexity index is 1530. The summed E-state index contributed by atoms with van der Waals surface area (Å²) >= 11 is 0. The van der Waals surface area contributed by atoms with Gasteiger partial charge in [-0.05, 0) is 55.5 Å². The number of amides is 2. The summed E-state index contributed by atoms with van der Waals surface area (Å²) in [5, 5.41) is 10.1. The van der Waals surface area contributed by atoms with Gasteiger partial charge in [0, 0.05) is 43.6 Å². The lowest BCUT2D eigenvalue weighted by molar-refractivity contribution is 0.0933. The fraction of sp³-hybridized carbons (Fsp3) is 0.304. The van der Waals surface area contributed by atoms with Crippen molar-refractivity contribution >= 4 is 37.9 Å². The quantitative estimate of drug-likeness (QED) is 0.448. The molecule has 13 nitrogen and oxygen atoms in total. The van der Waals surface area contributed by atoms with Crippen molar-refractivity contribution in [3.63, 3.8) is 0 Å². The molecule has 202 valence electrons. The van der Waals surface area contributed by atoms with E-state index in [9.17, 15) is 26.4 Å². The number of anilines is 1. The number of sulfonamides is 1. The first-order valence-corrected chi connectivity index (χ1v) is 14.8. The largest absolute Gasteiger partial charge is 0.450 e. The van der Waals surface area contributed by atoms with E-state index in [4.69, 9.17) is 9.15 Å². The van der Waals surface area contributed by atoms with E-state index < -0.39 is 31.9 Å². The Balaban J connectivity index is 1.38. The molecule has 0 spiro atoms. The highest BCUT2D eigenvalue weighted by atomic mass is 32.2. The Labute approximate surface area is 219 Å². The summed E-state index contributed by atoms with van der Waals surface area (Å²) < 4.78 is 60.9. The third-order valence-corrected chi connectivity index (χ3v) is 8.74. The highest BCUT2D eigenvalue weighted by Crippen LogP contribution is 2.23. The number of ether oxygens (including phenoxy) is 1. The molecule has 4 rings (SSSR count). The molecular formula is C23H25N5O8S2. The van der Waals surface area contributed by atoms with Crippen LogP contribution >= 0.6 is 0 Å². The van der Waals surface area contributed by atoms with Crippen molar-refractivity contribution in [1.82, 2.24) is 19.4 Å². The van der Waals surface area contributed by atoms with Gasteiger partial charge < -0.3 is 14.1 Å². The summed E-state index contributed by atoms with van der Waals surface area (Å²) in [6.45, 7) is 2.62. The molecule has 0 saturated carbocycles. The number of hydrogen-bond donors (Lipinski definition) is 1. The first-order valence-electron chi connectivity index (χ1n) is 11.5. The Morgan fingerprint density at radius 1 is 0.921 bits per heavy atom. The van der Waals surface area contributed by atoms with Crippen LogP contribution < -0.4 is 5.32 Å². The molecule has 1 fully saturated rings. The van der Waals surface area contributed by atoms with Gasteiger partial charge in [0.15, 0.2) is 9.84 Å². The van der Waals surface area contributed by atoms with Gasteiger partial charge >= 0.3 is 12.1 Å². The van der Waals surface area contributed by atoms with Gasteiger partial charge in [0.2, 0.25) is 15.9 Å². The van der Waals surface area contributed by atoms with Crippen molar-refractivity contribution in [3.05, 3.63) is 54.1 Å². The molecule has 15 heteroatoms. The van der Waals surface area contributed by atoms with Gasteiger partial charge in [-0.1, -0.05) is 5.10 Å². The monoisotopic (exact) mass is 563 g/mol. The van der Waals surface area contributed by atoms with E-state index in [1.165, 1.54) is 57.7 Å². The highest BCUT2D eigenvalue weighted by molar-refractivity contribution is 7.90. The molecule has 38 heavy (non-hydrogen) atoms. The summed E-state index contributed by atoms with van der Waals surface area (Å²) in [6, 6.07) is 11.0. The van der Waals surface area contributed by atoms with Crippen LogP contribution in [-0.4, -0.2) is 87.3 Å². The Morgan fingerprint density at radius 3 is 2.11 bits per heavy atom. The predicted molar refractivity (Wildman–Crippen MR) is 135 cm³/mol. The predicted octanol–water partition coefficient (Wildman–Crippen LogP) is 1.86. The van der Waals surface area contributed by atoms with Crippen molar-refractivity contribution in [3.8, 4) is 11.5 Å². The average Bonchev–Trinajstić information content (AvgIpc) is 3.37. The topological polar surface area (TPSA) is 169 Å². The van der Waals surface area contributed by atoms with E-state index in [0.717, 1.165) is 6.26 Å². The lowest BCUT2D eigenvalue weighted by Crippen LogP contribution is -2.50. The lowest BCUT2D eigenvalue weighted by atomic mass is 10.2. The summed E-state index contributed by atoms with van der Waals surface area (Å²) in [5.74, 6) is -0.524. The van der Waals surface area contributed by atoms with Crippen LogP contribution in [0.3, 0.4) is 0 Å². The van der Waals surface area contributed by atoms with Crippen LogP contribution in [0.5, 0.6) is 0 Å². The molecule has 0 bridgehead atoms. The summed E-state index contributed by atoms with van der Waals surface area (Å²) in [5.41, 5.74) is 0.622. The van der Waals surface area contributed by atoms with Crippen LogP contribution in [0.15, 0.2) is 62.7 Å². The molecule has 1 aliphatic rings. The van der Waals surface area contributed by atoms with Crippen molar-refractivity contribution < 1.29 is 35.6 Å². The zero-order chi connectivity index (χ0) is 27.5. The van der Waals surface area contributed by atoms with Gasteiger partial charge in [-0.25, -0.2) is 21.6 Å². The smallest absolute Gasteiger partial charge is 0.409 e. The molecule has 2 amide bonds. The molecular weight excluding hydrogens is 538 g/mol. The first-order chi connectivity index (χ1) is 18.0. The molecule has 0 unspecified atom stereocenters. The van der Waals surface area contributed by atoms with Gasteiger partial charge in [0.05, 0.1) is 16.4 Å². The average molecular weight is 564 g/mol. The lowest BCUT2D eigenvalue weighted by Gasteiger charge is -2.33. The number of hydrogen-bond acceptors (Lipinski definition) is 10. The zero-order valence-electron chi connectivity index (χ0n) is 20.5. The van der Waals surface area contributed by atoms with E-state index >= 15 is 0 Å². The first kappa shape index (κ1) is 27.2. The molecule has 2 heterocycles. The van der Waals surface area contributed by atoms with E-state index in [1.54, 1.807) is 6.92 Å². The van der Waals surface area contributed by atoms with E-state index in [-0.39, 0.29) is 60.0 Å². The minimum absolute atomic E-state index is 0.0104. The van der Waals surface area contributed by atoms with Crippen molar-refractivity contribution in [2.24, 2.45) is 0 Å².